The molecule has 3 aromatic rings. The molecule has 0 atom stereocenters. The number of hydrogen-bond acceptors (Lipinski definition) is 5. The number of thioether (sulfide) groups is 1. The van der Waals surface area contributed by atoms with Crippen molar-refractivity contribution in [3.8, 4) is 0 Å². The van der Waals surface area contributed by atoms with Gasteiger partial charge in [0.1, 0.15) is 5.82 Å². The van der Waals surface area contributed by atoms with E-state index in [9.17, 15) is 9.18 Å². The first-order chi connectivity index (χ1) is 10.6. The number of nitrogens with two attached hydrogens (primary N) is 1. The fourth-order valence-electron chi connectivity index (χ4n) is 1.84. The third-order valence-corrected chi connectivity index (χ3v) is 5.01. The number of amides is 1. The van der Waals surface area contributed by atoms with Crippen molar-refractivity contribution in [2.45, 2.75) is 4.34 Å². The SMILES string of the molecule is Nc1ccc2nc(SCC(=O)Nc3ccc(F)cc3)sc2c1. The third-order valence-electron chi connectivity index (χ3n) is 2.85. The lowest BCUT2D eigenvalue weighted by Gasteiger charge is -2.03. The zero-order chi connectivity index (χ0) is 15.5. The fourth-order valence-corrected chi connectivity index (χ4v) is 3.76. The summed E-state index contributed by atoms with van der Waals surface area (Å²) in [6.07, 6.45) is 0. The lowest BCUT2D eigenvalue weighted by molar-refractivity contribution is -0.113. The van der Waals surface area contributed by atoms with Gasteiger partial charge in [-0.05, 0) is 42.5 Å². The maximum Gasteiger partial charge on any atom is 0.234 e. The molecule has 2 aromatic carbocycles. The Balaban J connectivity index is 1.61. The van der Waals surface area contributed by atoms with E-state index in [2.05, 4.69) is 10.3 Å². The second-order valence-electron chi connectivity index (χ2n) is 4.55. The number of carbonyl (C=O) groups is 1. The molecule has 0 radical (unpaired) electrons. The number of aromatic nitrogens is 1. The summed E-state index contributed by atoms with van der Waals surface area (Å²) < 4.78 is 14.6. The number of thiazole rings is 1. The normalized spacial score (nSPS) is 10.8. The highest BCUT2D eigenvalue weighted by atomic mass is 32.2. The van der Waals surface area contributed by atoms with Crippen molar-refractivity contribution in [1.82, 2.24) is 4.98 Å². The number of halogens is 1. The number of hydrogen-bond donors (Lipinski definition) is 2. The average Bonchev–Trinajstić information content (AvgIpc) is 2.89. The van der Waals surface area contributed by atoms with Crippen LogP contribution in [0.4, 0.5) is 15.8 Å². The molecule has 0 aliphatic carbocycles. The van der Waals surface area contributed by atoms with Crippen LogP contribution < -0.4 is 11.1 Å². The number of nitrogens with one attached hydrogen (secondary N) is 1. The zero-order valence-electron chi connectivity index (χ0n) is 11.4. The van der Waals surface area contributed by atoms with Crippen LogP contribution in [-0.4, -0.2) is 16.6 Å². The second-order valence-corrected chi connectivity index (χ2v) is 6.80. The minimum absolute atomic E-state index is 0.157. The Hall–Kier alpha value is -2.12. The van der Waals surface area contributed by atoms with Gasteiger partial charge < -0.3 is 11.1 Å². The smallest absolute Gasteiger partial charge is 0.234 e. The Labute approximate surface area is 134 Å². The molecule has 0 fully saturated rings. The van der Waals surface area contributed by atoms with E-state index < -0.39 is 0 Å². The van der Waals surface area contributed by atoms with Gasteiger partial charge in [-0.25, -0.2) is 9.37 Å². The number of anilines is 2. The van der Waals surface area contributed by atoms with Crippen LogP contribution in [0.5, 0.6) is 0 Å². The predicted molar refractivity (Wildman–Crippen MR) is 89.8 cm³/mol. The van der Waals surface area contributed by atoms with Crippen molar-refractivity contribution in [2.75, 3.05) is 16.8 Å². The van der Waals surface area contributed by atoms with Gasteiger partial charge in [0.15, 0.2) is 4.34 Å². The highest BCUT2D eigenvalue weighted by molar-refractivity contribution is 8.01. The quantitative estimate of drug-likeness (QED) is 0.564. The molecule has 0 saturated heterocycles. The topological polar surface area (TPSA) is 68.0 Å². The highest BCUT2D eigenvalue weighted by Crippen LogP contribution is 2.30. The van der Waals surface area contributed by atoms with Gasteiger partial charge in [-0.1, -0.05) is 11.8 Å². The van der Waals surface area contributed by atoms with Crippen LogP contribution in [0.25, 0.3) is 10.2 Å². The van der Waals surface area contributed by atoms with Gasteiger partial charge in [0.05, 0.1) is 16.0 Å². The molecule has 0 unspecified atom stereocenters. The van der Waals surface area contributed by atoms with Gasteiger partial charge in [-0.3, -0.25) is 4.79 Å². The molecule has 0 saturated carbocycles. The van der Waals surface area contributed by atoms with E-state index in [1.54, 1.807) is 6.07 Å². The van der Waals surface area contributed by atoms with E-state index in [1.807, 2.05) is 12.1 Å². The first-order valence-corrected chi connectivity index (χ1v) is 8.25. The minimum Gasteiger partial charge on any atom is -0.399 e. The molecule has 3 rings (SSSR count). The summed E-state index contributed by atoms with van der Waals surface area (Å²) in [5.41, 5.74) is 7.88. The Morgan fingerprint density at radius 1 is 1.27 bits per heavy atom. The number of carbonyl (C=O) groups excluding carboxylic acids is 1. The Morgan fingerprint density at radius 3 is 2.82 bits per heavy atom. The van der Waals surface area contributed by atoms with Gasteiger partial charge >= 0.3 is 0 Å². The number of nitrogen functional groups attached to an aromatic ring is 1. The molecule has 1 amide bonds. The molecule has 22 heavy (non-hydrogen) atoms. The summed E-state index contributed by atoms with van der Waals surface area (Å²) in [6.45, 7) is 0. The van der Waals surface area contributed by atoms with Gasteiger partial charge in [0, 0.05) is 11.4 Å². The largest absolute Gasteiger partial charge is 0.399 e. The van der Waals surface area contributed by atoms with Crippen LogP contribution in [0.15, 0.2) is 46.8 Å². The zero-order valence-corrected chi connectivity index (χ0v) is 13.0. The molecular formula is C15H12FN3OS2. The first kappa shape index (κ1) is 14.8. The Kier molecular flexibility index (Phi) is 4.26. The van der Waals surface area contributed by atoms with E-state index in [0.29, 0.717) is 11.4 Å². The number of nitrogens with zero attached hydrogens (tertiary/aromatic N) is 1. The third kappa shape index (κ3) is 3.55. The van der Waals surface area contributed by atoms with Crippen LogP contribution in [0.2, 0.25) is 0 Å². The molecule has 0 aliphatic heterocycles. The summed E-state index contributed by atoms with van der Waals surface area (Å²) in [5, 5.41) is 2.71. The van der Waals surface area contributed by atoms with Crippen molar-refractivity contribution in [3.05, 3.63) is 48.3 Å². The maximum absolute atomic E-state index is 12.8. The van der Waals surface area contributed by atoms with E-state index in [-0.39, 0.29) is 17.5 Å². The Bertz CT molecular complexity index is 817. The molecule has 4 nitrogen and oxygen atoms in total. The summed E-state index contributed by atoms with van der Waals surface area (Å²) in [7, 11) is 0. The lowest BCUT2D eigenvalue weighted by Crippen LogP contribution is -2.13. The molecule has 7 heteroatoms. The highest BCUT2D eigenvalue weighted by Gasteiger charge is 2.08. The standard InChI is InChI=1S/C15H12FN3OS2/c16-9-1-4-11(5-2-9)18-14(20)8-21-15-19-12-6-3-10(17)7-13(12)22-15/h1-7H,8,17H2,(H,18,20). The number of fused-ring (bicyclic) bond motifs is 1. The van der Waals surface area contributed by atoms with Crippen molar-refractivity contribution >= 4 is 50.6 Å². The molecule has 0 bridgehead atoms. The van der Waals surface area contributed by atoms with Crippen molar-refractivity contribution < 1.29 is 9.18 Å². The van der Waals surface area contributed by atoms with Gasteiger partial charge in [0.2, 0.25) is 5.91 Å². The first-order valence-electron chi connectivity index (χ1n) is 6.44. The van der Waals surface area contributed by atoms with Gasteiger partial charge in [0.25, 0.3) is 0 Å². The minimum atomic E-state index is -0.332. The molecule has 0 spiro atoms. The molecule has 1 heterocycles. The van der Waals surface area contributed by atoms with Crippen molar-refractivity contribution in [3.63, 3.8) is 0 Å². The average molecular weight is 333 g/mol. The number of benzene rings is 2. The molecule has 0 aliphatic rings. The van der Waals surface area contributed by atoms with Gasteiger partial charge in [-0.15, -0.1) is 11.3 Å². The van der Waals surface area contributed by atoms with Crippen LogP contribution in [0.3, 0.4) is 0 Å². The Morgan fingerprint density at radius 2 is 2.05 bits per heavy atom. The fraction of sp³-hybridized carbons (Fsp3) is 0.0667. The van der Waals surface area contributed by atoms with Crippen molar-refractivity contribution in [1.29, 1.82) is 0 Å². The monoisotopic (exact) mass is 333 g/mol. The molecule has 112 valence electrons. The maximum atomic E-state index is 12.8. The van der Waals surface area contributed by atoms with Crippen molar-refractivity contribution in [2.24, 2.45) is 0 Å². The molecule has 1 aromatic heterocycles. The summed E-state index contributed by atoms with van der Waals surface area (Å²) in [4.78, 5) is 16.3. The summed E-state index contributed by atoms with van der Waals surface area (Å²) in [6, 6.07) is 11.2. The van der Waals surface area contributed by atoms with Crippen LogP contribution >= 0.6 is 23.1 Å². The summed E-state index contributed by atoms with van der Waals surface area (Å²) >= 11 is 2.87. The van der Waals surface area contributed by atoms with Crippen LogP contribution in [0, 0.1) is 5.82 Å². The van der Waals surface area contributed by atoms with E-state index in [4.69, 9.17) is 5.73 Å². The number of rotatable bonds is 4. The predicted octanol–water partition coefficient (Wildman–Crippen LogP) is 3.75. The summed E-state index contributed by atoms with van der Waals surface area (Å²) in [5.74, 6) is -0.247. The van der Waals surface area contributed by atoms with E-state index in [1.165, 1.54) is 47.4 Å². The molecular weight excluding hydrogens is 321 g/mol. The van der Waals surface area contributed by atoms with E-state index in [0.717, 1.165) is 14.6 Å². The van der Waals surface area contributed by atoms with Gasteiger partial charge in [-0.2, -0.15) is 0 Å². The van der Waals surface area contributed by atoms with Crippen LogP contribution in [-0.2, 0) is 4.79 Å². The lowest BCUT2D eigenvalue weighted by atomic mass is 10.3. The van der Waals surface area contributed by atoms with Crippen LogP contribution in [0.1, 0.15) is 0 Å². The van der Waals surface area contributed by atoms with E-state index >= 15 is 0 Å². The second kappa shape index (κ2) is 6.33. The molecule has 3 N–H and O–H groups in total.